The predicted molar refractivity (Wildman–Crippen MR) is 83.5 cm³/mol. The molecule has 0 spiro atoms. The van der Waals surface area contributed by atoms with Gasteiger partial charge in [-0.1, -0.05) is 6.07 Å². The first kappa shape index (κ1) is 13.9. The summed E-state index contributed by atoms with van der Waals surface area (Å²) in [4.78, 5) is 0.833. The van der Waals surface area contributed by atoms with Gasteiger partial charge in [-0.15, -0.1) is 0 Å². The molecule has 1 atom stereocenters. The number of hydrogen-bond donors (Lipinski definition) is 1. The third-order valence-corrected chi connectivity index (χ3v) is 4.23. The smallest absolute Gasteiger partial charge is 0.161 e. The van der Waals surface area contributed by atoms with Gasteiger partial charge in [0.05, 0.1) is 0 Å². The Balaban J connectivity index is 1.65. The molecule has 0 saturated heterocycles. The van der Waals surface area contributed by atoms with Gasteiger partial charge in [-0.3, -0.25) is 4.21 Å². The second kappa shape index (κ2) is 6.18. The highest BCUT2D eigenvalue weighted by molar-refractivity contribution is 7.84. The molecule has 110 valence electrons. The molecule has 0 radical (unpaired) electrons. The van der Waals surface area contributed by atoms with Crippen molar-refractivity contribution in [2.75, 3.05) is 24.8 Å². The average Bonchev–Trinajstić information content (AvgIpc) is 2.53. The summed E-state index contributed by atoms with van der Waals surface area (Å²) in [6, 6.07) is 13.6. The minimum absolute atomic E-state index is 0.597. The Hall–Kier alpha value is -2.01. The zero-order chi connectivity index (χ0) is 14.7. The van der Waals surface area contributed by atoms with Crippen molar-refractivity contribution in [2.24, 2.45) is 0 Å². The molecular weight excluding hydrogens is 286 g/mol. The van der Waals surface area contributed by atoms with E-state index >= 15 is 0 Å². The van der Waals surface area contributed by atoms with E-state index in [9.17, 15) is 4.21 Å². The van der Waals surface area contributed by atoms with E-state index in [1.54, 1.807) is 6.26 Å². The Kier molecular flexibility index (Phi) is 4.10. The summed E-state index contributed by atoms with van der Waals surface area (Å²) < 4.78 is 22.4. The van der Waals surface area contributed by atoms with Crippen LogP contribution in [0.1, 0.15) is 5.56 Å². The largest absolute Gasteiger partial charge is 0.486 e. The van der Waals surface area contributed by atoms with Gasteiger partial charge in [0.1, 0.15) is 13.2 Å². The lowest BCUT2D eigenvalue weighted by atomic mass is 10.2. The van der Waals surface area contributed by atoms with Gasteiger partial charge in [-0.25, -0.2) is 0 Å². The molecule has 21 heavy (non-hydrogen) atoms. The minimum atomic E-state index is -0.937. The highest BCUT2D eigenvalue weighted by Crippen LogP contribution is 2.30. The molecule has 2 aromatic rings. The van der Waals surface area contributed by atoms with E-state index in [-0.39, 0.29) is 0 Å². The van der Waals surface area contributed by atoms with Crippen molar-refractivity contribution in [2.45, 2.75) is 11.4 Å². The van der Waals surface area contributed by atoms with Gasteiger partial charge in [0, 0.05) is 34.2 Å². The summed E-state index contributed by atoms with van der Waals surface area (Å²) in [5.74, 6) is 1.61. The molecule has 1 aliphatic heterocycles. The zero-order valence-corrected chi connectivity index (χ0v) is 12.6. The number of nitrogens with one attached hydrogen (secondary N) is 1. The maximum Gasteiger partial charge on any atom is 0.161 e. The van der Waals surface area contributed by atoms with Crippen molar-refractivity contribution in [3.8, 4) is 11.5 Å². The van der Waals surface area contributed by atoms with E-state index in [0.29, 0.717) is 19.8 Å². The second-order valence-electron chi connectivity index (χ2n) is 4.81. The molecule has 1 aliphatic rings. The van der Waals surface area contributed by atoms with E-state index in [0.717, 1.165) is 27.6 Å². The van der Waals surface area contributed by atoms with Crippen LogP contribution in [0.4, 0.5) is 5.69 Å². The van der Waals surface area contributed by atoms with Gasteiger partial charge in [0.2, 0.25) is 0 Å². The molecule has 1 unspecified atom stereocenters. The Labute approximate surface area is 126 Å². The molecular formula is C16H17NO3S. The van der Waals surface area contributed by atoms with E-state index in [4.69, 9.17) is 9.47 Å². The molecule has 5 heteroatoms. The molecule has 0 aliphatic carbocycles. The SMILES string of the molecule is CS(=O)c1ccc(NCc2ccc3c(c2)OCCO3)cc1. The van der Waals surface area contributed by atoms with Crippen LogP contribution < -0.4 is 14.8 Å². The Morgan fingerprint density at radius 2 is 1.76 bits per heavy atom. The fourth-order valence-corrected chi connectivity index (χ4v) is 2.69. The fraction of sp³-hybridized carbons (Fsp3) is 0.250. The van der Waals surface area contributed by atoms with Gasteiger partial charge < -0.3 is 14.8 Å². The average molecular weight is 303 g/mol. The summed E-state index contributed by atoms with van der Waals surface area (Å²) in [7, 11) is -0.937. The van der Waals surface area contributed by atoms with E-state index in [2.05, 4.69) is 5.32 Å². The normalized spacial score (nSPS) is 14.5. The van der Waals surface area contributed by atoms with Crippen molar-refractivity contribution in [3.05, 3.63) is 48.0 Å². The highest BCUT2D eigenvalue weighted by atomic mass is 32.2. The summed E-state index contributed by atoms with van der Waals surface area (Å²) in [5.41, 5.74) is 2.13. The maximum absolute atomic E-state index is 11.3. The van der Waals surface area contributed by atoms with Crippen LogP contribution in [0.5, 0.6) is 11.5 Å². The molecule has 3 rings (SSSR count). The standard InChI is InChI=1S/C16H17NO3S/c1-21(18)14-5-3-13(4-6-14)17-11-12-2-7-15-16(10-12)20-9-8-19-15/h2-7,10,17H,8-9,11H2,1H3. The lowest BCUT2D eigenvalue weighted by Gasteiger charge is -2.19. The lowest BCUT2D eigenvalue weighted by Crippen LogP contribution is -2.15. The summed E-state index contributed by atoms with van der Waals surface area (Å²) in [5, 5.41) is 3.34. The van der Waals surface area contributed by atoms with E-state index in [1.807, 2.05) is 42.5 Å². The van der Waals surface area contributed by atoms with Gasteiger partial charge in [0.25, 0.3) is 0 Å². The van der Waals surface area contributed by atoms with Gasteiger partial charge in [-0.2, -0.15) is 0 Å². The van der Waals surface area contributed by atoms with Crippen LogP contribution in [0, 0.1) is 0 Å². The van der Waals surface area contributed by atoms with Crippen molar-refractivity contribution in [1.82, 2.24) is 0 Å². The third kappa shape index (κ3) is 3.36. The summed E-state index contributed by atoms with van der Waals surface area (Å²) >= 11 is 0. The topological polar surface area (TPSA) is 47.6 Å². The van der Waals surface area contributed by atoms with Crippen molar-refractivity contribution in [1.29, 1.82) is 0 Å². The van der Waals surface area contributed by atoms with E-state index < -0.39 is 10.8 Å². The lowest BCUT2D eigenvalue weighted by molar-refractivity contribution is 0.171. The van der Waals surface area contributed by atoms with Crippen LogP contribution in [0.15, 0.2) is 47.4 Å². The van der Waals surface area contributed by atoms with E-state index in [1.165, 1.54) is 0 Å². The fourth-order valence-electron chi connectivity index (χ4n) is 2.17. The first-order valence-corrected chi connectivity index (χ1v) is 8.34. The Morgan fingerprint density at radius 3 is 2.48 bits per heavy atom. The molecule has 2 aromatic carbocycles. The van der Waals surface area contributed by atoms with Crippen molar-refractivity contribution in [3.63, 3.8) is 0 Å². The second-order valence-corrected chi connectivity index (χ2v) is 6.19. The Morgan fingerprint density at radius 1 is 1.05 bits per heavy atom. The molecule has 0 fully saturated rings. The van der Waals surface area contributed by atoms with Crippen LogP contribution in [0.2, 0.25) is 0 Å². The summed E-state index contributed by atoms with van der Waals surface area (Å²) in [6.07, 6.45) is 1.68. The Bertz CT molecular complexity index is 655. The van der Waals surface area contributed by atoms with Gasteiger partial charge in [-0.05, 0) is 42.0 Å². The van der Waals surface area contributed by atoms with Gasteiger partial charge in [0.15, 0.2) is 11.5 Å². The van der Waals surface area contributed by atoms with Crippen molar-refractivity contribution < 1.29 is 13.7 Å². The molecule has 0 saturated carbocycles. The third-order valence-electron chi connectivity index (χ3n) is 3.29. The highest BCUT2D eigenvalue weighted by Gasteiger charge is 2.11. The maximum atomic E-state index is 11.3. The summed E-state index contributed by atoms with van der Waals surface area (Å²) in [6.45, 7) is 1.90. The number of hydrogen-bond acceptors (Lipinski definition) is 4. The molecule has 0 amide bonds. The van der Waals surface area contributed by atoms with Crippen LogP contribution in [-0.2, 0) is 17.3 Å². The van der Waals surface area contributed by atoms with Crippen LogP contribution >= 0.6 is 0 Å². The number of fused-ring (bicyclic) bond motifs is 1. The monoisotopic (exact) mass is 303 g/mol. The quantitative estimate of drug-likeness (QED) is 0.943. The molecule has 1 N–H and O–H groups in total. The number of ether oxygens (including phenoxy) is 2. The molecule has 4 nitrogen and oxygen atoms in total. The molecule has 0 aromatic heterocycles. The van der Waals surface area contributed by atoms with Crippen LogP contribution in [0.25, 0.3) is 0 Å². The number of anilines is 1. The van der Waals surface area contributed by atoms with Crippen molar-refractivity contribution >= 4 is 16.5 Å². The van der Waals surface area contributed by atoms with Gasteiger partial charge >= 0.3 is 0 Å². The zero-order valence-electron chi connectivity index (χ0n) is 11.8. The molecule has 1 heterocycles. The number of rotatable bonds is 4. The first-order valence-electron chi connectivity index (χ1n) is 6.78. The van der Waals surface area contributed by atoms with Crippen LogP contribution in [0.3, 0.4) is 0 Å². The predicted octanol–water partition coefficient (Wildman–Crippen LogP) is 2.81. The van der Waals surface area contributed by atoms with Crippen LogP contribution in [-0.4, -0.2) is 23.7 Å². The first-order chi connectivity index (χ1) is 10.2. The molecule has 0 bridgehead atoms. The minimum Gasteiger partial charge on any atom is -0.486 e. The number of benzene rings is 2.